The van der Waals surface area contributed by atoms with Gasteiger partial charge in [0.25, 0.3) is 0 Å². The van der Waals surface area contributed by atoms with Crippen LogP contribution in [0, 0.1) is 5.92 Å². The molecule has 0 heterocycles. The lowest BCUT2D eigenvalue weighted by atomic mass is 9.97. The minimum absolute atomic E-state index is 0.751. The smallest absolute Gasteiger partial charge is 0.0406 e. The molecule has 0 fully saturated rings. The second kappa shape index (κ2) is 6.47. The molecule has 1 atom stereocenters. The maximum atomic E-state index is 5.83. The Balaban J connectivity index is 2.53. The summed E-state index contributed by atoms with van der Waals surface area (Å²) in [5, 5.41) is 1.91. The van der Waals surface area contributed by atoms with Gasteiger partial charge in [-0.05, 0) is 36.5 Å². The second-order valence-electron chi connectivity index (χ2n) is 3.64. The van der Waals surface area contributed by atoms with Gasteiger partial charge in [0.15, 0.2) is 0 Å². The SMILES string of the molecule is CCCC(CBr)Cc1ccc(Cl)cc1. The monoisotopic (exact) mass is 274 g/mol. The number of hydrogen-bond donors (Lipinski definition) is 0. The first-order valence-corrected chi connectivity index (χ1v) is 6.56. The lowest BCUT2D eigenvalue weighted by molar-refractivity contribution is 0.534. The summed E-state index contributed by atoms with van der Waals surface area (Å²) in [6.45, 7) is 2.23. The highest BCUT2D eigenvalue weighted by molar-refractivity contribution is 9.09. The van der Waals surface area contributed by atoms with Crippen LogP contribution in [0.3, 0.4) is 0 Å². The summed E-state index contributed by atoms with van der Waals surface area (Å²) in [4.78, 5) is 0. The molecule has 0 saturated carbocycles. The summed E-state index contributed by atoms with van der Waals surface area (Å²) < 4.78 is 0. The maximum absolute atomic E-state index is 5.83. The summed E-state index contributed by atoms with van der Waals surface area (Å²) in [6, 6.07) is 8.17. The Bertz CT molecular complexity index is 256. The van der Waals surface area contributed by atoms with Crippen molar-refractivity contribution in [3.8, 4) is 0 Å². The predicted molar refractivity (Wildman–Crippen MR) is 67.3 cm³/mol. The van der Waals surface area contributed by atoms with Gasteiger partial charge in [-0.1, -0.05) is 53.0 Å². The van der Waals surface area contributed by atoms with Crippen molar-refractivity contribution < 1.29 is 0 Å². The van der Waals surface area contributed by atoms with Crippen LogP contribution in [0.15, 0.2) is 24.3 Å². The fourth-order valence-electron chi connectivity index (χ4n) is 1.60. The number of hydrogen-bond acceptors (Lipinski definition) is 0. The molecule has 14 heavy (non-hydrogen) atoms. The van der Waals surface area contributed by atoms with Crippen molar-refractivity contribution in [1.82, 2.24) is 0 Å². The first-order chi connectivity index (χ1) is 6.76. The fourth-order valence-corrected chi connectivity index (χ4v) is 2.27. The number of alkyl halides is 1. The van der Waals surface area contributed by atoms with E-state index in [9.17, 15) is 0 Å². The van der Waals surface area contributed by atoms with Crippen LogP contribution in [0.4, 0.5) is 0 Å². The molecule has 0 aromatic heterocycles. The Kier molecular flexibility index (Phi) is 5.57. The molecule has 0 nitrogen and oxygen atoms in total. The van der Waals surface area contributed by atoms with Gasteiger partial charge < -0.3 is 0 Å². The summed E-state index contributed by atoms with van der Waals surface area (Å²) in [6.07, 6.45) is 3.69. The van der Waals surface area contributed by atoms with E-state index in [1.807, 2.05) is 12.1 Å². The average molecular weight is 276 g/mol. The van der Waals surface area contributed by atoms with Crippen molar-refractivity contribution in [2.24, 2.45) is 5.92 Å². The van der Waals surface area contributed by atoms with Crippen molar-refractivity contribution in [3.63, 3.8) is 0 Å². The molecule has 1 aromatic rings. The molecular formula is C12H16BrCl. The minimum atomic E-state index is 0.751. The van der Waals surface area contributed by atoms with E-state index in [0.29, 0.717) is 0 Å². The predicted octanol–water partition coefficient (Wildman–Crippen LogP) is 4.69. The largest absolute Gasteiger partial charge is 0.0925 e. The van der Waals surface area contributed by atoms with Gasteiger partial charge in [-0.25, -0.2) is 0 Å². The van der Waals surface area contributed by atoms with Crippen molar-refractivity contribution in [2.45, 2.75) is 26.2 Å². The molecule has 0 aliphatic carbocycles. The first kappa shape index (κ1) is 12.1. The Hall–Kier alpha value is -0.0100. The van der Waals surface area contributed by atoms with Crippen LogP contribution in [0.2, 0.25) is 5.02 Å². The molecule has 0 saturated heterocycles. The summed E-state index contributed by atoms with van der Waals surface area (Å²) in [5.74, 6) is 0.751. The number of halogens is 2. The highest BCUT2D eigenvalue weighted by Crippen LogP contribution is 2.18. The van der Waals surface area contributed by atoms with E-state index in [1.165, 1.54) is 18.4 Å². The first-order valence-electron chi connectivity index (χ1n) is 5.06. The molecule has 1 aromatic carbocycles. The molecule has 1 unspecified atom stereocenters. The number of benzene rings is 1. The molecule has 0 amide bonds. The van der Waals surface area contributed by atoms with Crippen LogP contribution in [-0.4, -0.2) is 5.33 Å². The normalized spacial score (nSPS) is 12.8. The van der Waals surface area contributed by atoms with Gasteiger partial charge in [-0.15, -0.1) is 0 Å². The maximum Gasteiger partial charge on any atom is 0.0406 e. The lowest BCUT2D eigenvalue weighted by Crippen LogP contribution is -2.05. The van der Waals surface area contributed by atoms with Gasteiger partial charge in [0.1, 0.15) is 0 Å². The van der Waals surface area contributed by atoms with Crippen LogP contribution in [0.5, 0.6) is 0 Å². The van der Waals surface area contributed by atoms with Crippen LogP contribution in [0.25, 0.3) is 0 Å². The van der Waals surface area contributed by atoms with Gasteiger partial charge in [0.2, 0.25) is 0 Å². The topological polar surface area (TPSA) is 0 Å². The van der Waals surface area contributed by atoms with E-state index in [0.717, 1.165) is 22.7 Å². The molecule has 0 radical (unpaired) electrons. The molecule has 0 bridgehead atoms. The molecule has 78 valence electrons. The second-order valence-corrected chi connectivity index (χ2v) is 4.72. The Labute approximate surface area is 99.8 Å². The summed E-state index contributed by atoms with van der Waals surface area (Å²) >= 11 is 9.40. The molecule has 2 heteroatoms. The molecular weight excluding hydrogens is 259 g/mol. The zero-order valence-electron chi connectivity index (χ0n) is 8.47. The zero-order chi connectivity index (χ0) is 10.4. The van der Waals surface area contributed by atoms with Gasteiger partial charge >= 0.3 is 0 Å². The number of rotatable bonds is 5. The van der Waals surface area contributed by atoms with E-state index in [1.54, 1.807) is 0 Å². The quantitative estimate of drug-likeness (QED) is 0.684. The van der Waals surface area contributed by atoms with Crippen molar-refractivity contribution in [3.05, 3.63) is 34.9 Å². The average Bonchev–Trinajstić information content (AvgIpc) is 2.20. The van der Waals surface area contributed by atoms with Gasteiger partial charge in [0, 0.05) is 10.4 Å². The van der Waals surface area contributed by atoms with Crippen LogP contribution in [-0.2, 0) is 6.42 Å². The van der Waals surface area contributed by atoms with Gasteiger partial charge in [-0.3, -0.25) is 0 Å². The molecule has 0 aliphatic heterocycles. The minimum Gasteiger partial charge on any atom is -0.0925 e. The third-order valence-electron chi connectivity index (χ3n) is 2.35. The standard InChI is InChI=1S/C12H16BrCl/c1-2-3-11(9-13)8-10-4-6-12(14)7-5-10/h4-7,11H,2-3,8-9H2,1H3. The van der Waals surface area contributed by atoms with Crippen molar-refractivity contribution in [2.75, 3.05) is 5.33 Å². The highest BCUT2D eigenvalue weighted by atomic mass is 79.9. The third kappa shape index (κ3) is 4.02. The van der Waals surface area contributed by atoms with E-state index in [4.69, 9.17) is 11.6 Å². The Morgan fingerprint density at radius 3 is 2.43 bits per heavy atom. The van der Waals surface area contributed by atoms with Crippen LogP contribution >= 0.6 is 27.5 Å². The van der Waals surface area contributed by atoms with Gasteiger partial charge in [0.05, 0.1) is 0 Å². The fraction of sp³-hybridized carbons (Fsp3) is 0.500. The molecule has 0 spiro atoms. The zero-order valence-corrected chi connectivity index (χ0v) is 10.8. The molecule has 1 rings (SSSR count). The van der Waals surface area contributed by atoms with Gasteiger partial charge in [-0.2, -0.15) is 0 Å². The van der Waals surface area contributed by atoms with Crippen LogP contribution in [0.1, 0.15) is 25.3 Å². The summed E-state index contributed by atoms with van der Waals surface area (Å²) in [5.41, 5.74) is 1.38. The third-order valence-corrected chi connectivity index (χ3v) is 3.52. The highest BCUT2D eigenvalue weighted by Gasteiger charge is 2.06. The van der Waals surface area contributed by atoms with E-state index >= 15 is 0 Å². The Morgan fingerprint density at radius 2 is 1.93 bits per heavy atom. The van der Waals surface area contributed by atoms with Crippen molar-refractivity contribution in [1.29, 1.82) is 0 Å². The van der Waals surface area contributed by atoms with E-state index in [2.05, 4.69) is 35.0 Å². The van der Waals surface area contributed by atoms with Crippen LogP contribution < -0.4 is 0 Å². The molecule has 0 N–H and O–H groups in total. The summed E-state index contributed by atoms with van der Waals surface area (Å²) in [7, 11) is 0. The lowest BCUT2D eigenvalue weighted by Gasteiger charge is -2.12. The van der Waals surface area contributed by atoms with E-state index in [-0.39, 0.29) is 0 Å². The van der Waals surface area contributed by atoms with Crippen molar-refractivity contribution >= 4 is 27.5 Å². The molecule has 0 aliphatic rings. The van der Waals surface area contributed by atoms with E-state index < -0.39 is 0 Å². The Morgan fingerprint density at radius 1 is 1.29 bits per heavy atom.